The van der Waals surface area contributed by atoms with Crippen molar-refractivity contribution in [2.45, 2.75) is 25.7 Å². The Labute approximate surface area is 157 Å². The molecule has 3 rings (SSSR count). The number of hydrogen-bond acceptors (Lipinski definition) is 5. The molecule has 13 heteroatoms. The average Bonchev–Trinajstić information content (AvgIpc) is 3.08. The number of benzene rings is 1. The monoisotopic (exact) mass is 420 g/mol. The van der Waals surface area contributed by atoms with E-state index in [-0.39, 0.29) is 25.0 Å². The summed E-state index contributed by atoms with van der Waals surface area (Å²) in [7, 11) is 0. The van der Waals surface area contributed by atoms with Crippen molar-refractivity contribution in [2.24, 2.45) is 0 Å². The molecule has 0 saturated heterocycles. The van der Waals surface area contributed by atoms with Crippen molar-refractivity contribution in [1.82, 2.24) is 19.7 Å². The lowest BCUT2D eigenvalue weighted by Gasteiger charge is -2.27. The number of halogens is 6. The molecule has 7 nitrogen and oxygen atoms in total. The van der Waals surface area contributed by atoms with Crippen molar-refractivity contribution >= 4 is 17.5 Å². The second kappa shape index (κ2) is 7.29. The molecule has 0 unspecified atom stereocenters. The predicted molar refractivity (Wildman–Crippen MR) is 80.5 cm³/mol. The number of ketones is 2. The molecular weight excluding hydrogens is 410 g/mol. The second-order valence-corrected chi connectivity index (χ2v) is 6.10. The number of carbonyl (C=O) groups is 3. The van der Waals surface area contributed by atoms with E-state index in [9.17, 15) is 40.7 Å². The summed E-state index contributed by atoms with van der Waals surface area (Å²) in [4.78, 5) is 37.0. The zero-order chi connectivity index (χ0) is 21.5. The molecule has 29 heavy (non-hydrogen) atoms. The lowest BCUT2D eigenvalue weighted by atomic mass is 10.0. The number of aromatic nitrogens is 3. The summed E-state index contributed by atoms with van der Waals surface area (Å²) in [6, 6.07) is 0.586. The molecule has 1 aliphatic rings. The molecule has 0 aliphatic carbocycles. The van der Waals surface area contributed by atoms with Crippen LogP contribution in [0, 0.1) is 17.5 Å². The van der Waals surface area contributed by atoms with Gasteiger partial charge < -0.3 is 9.47 Å². The van der Waals surface area contributed by atoms with Crippen LogP contribution in [0.2, 0.25) is 0 Å². The van der Waals surface area contributed by atoms with Crippen LogP contribution in [0.1, 0.15) is 17.2 Å². The molecular formula is C16H10F6N4O3. The topological polar surface area (TPSA) is 85.2 Å². The van der Waals surface area contributed by atoms with Gasteiger partial charge in [-0.15, -0.1) is 10.2 Å². The summed E-state index contributed by atoms with van der Waals surface area (Å²) in [5, 5.41) is 6.35. The molecule has 154 valence electrons. The van der Waals surface area contributed by atoms with Crippen LogP contribution < -0.4 is 0 Å². The molecule has 0 spiro atoms. The van der Waals surface area contributed by atoms with Crippen LogP contribution in [-0.2, 0) is 40.1 Å². The van der Waals surface area contributed by atoms with Crippen LogP contribution in [0.5, 0.6) is 0 Å². The van der Waals surface area contributed by atoms with E-state index < -0.39 is 65.5 Å². The molecule has 0 saturated carbocycles. The van der Waals surface area contributed by atoms with Crippen molar-refractivity contribution in [3.05, 3.63) is 46.8 Å². The Bertz CT molecular complexity index is 1020. The number of Topliss-reactive ketones (excluding diaryl/α,β-unsaturated/α-hetero) is 2. The molecule has 1 aromatic heterocycles. The van der Waals surface area contributed by atoms with Crippen molar-refractivity contribution in [1.29, 1.82) is 0 Å². The average molecular weight is 420 g/mol. The lowest BCUT2D eigenvalue weighted by Crippen LogP contribution is -2.44. The lowest BCUT2D eigenvalue weighted by molar-refractivity contribution is -0.151. The van der Waals surface area contributed by atoms with Gasteiger partial charge in [0.25, 0.3) is 11.7 Å². The Morgan fingerprint density at radius 2 is 1.62 bits per heavy atom. The highest BCUT2D eigenvalue weighted by Crippen LogP contribution is 2.29. The molecule has 0 bridgehead atoms. The van der Waals surface area contributed by atoms with E-state index in [1.807, 2.05) is 0 Å². The molecule has 0 fully saturated rings. The number of nitrogens with zero attached hydrogens (tertiary/aromatic N) is 4. The first kappa shape index (κ1) is 20.5. The molecule has 2 heterocycles. The fourth-order valence-corrected chi connectivity index (χ4v) is 2.76. The number of amides is 1. The number of hydrogen-bond donors (Lipinski definition) is 0. The third-order valence-corrected chi connectivity index (χ3v) is 4.18. The fraction of sp³-hybridized carbons (Fsp3) is 0.312. The molecule has 1 amide bonds. The second-order valence-electron chi connectivity index (χ2n) is 6.10. The van der Waals surface area contributed by atoms with Crippen LogP contribution >= 0.6 is 0 Å². The first-order valence-electron chi connectivity index (χ1n) is 7.98. The van der Waals surface area contributed by atoms with Gasteiger partial charge in [0.1, 0.15) is 5.82 Å². The minimum absolute atomic E-state index is 0.194. The van der Waals surface area contributed by atoms with Gasteiger partial charge >= 0.3 is 6.18 Å². The Morgan fingerprint density at radius 1 is 0.966 bits per heavy atom. The normalized spacial score (nSPS) is 13.9. The molecule has 2 aromatic rings. The highest BCUT2D eigenvalue weighted by molar-refractivity contribution is 6.63. The van der Waals surface area contributed by atoms with E-state index in [0.29, 0.717) is 6.07 Å². The third kappa shape index (κ3) is 3.98. The van der Waals surface area contributed by atoms with E-state index in [4.69, 9.17) is 0 Å². The van der Waals surface area contributed by atoms with E-state index in [1.165, 1.54) is 0 Å². The van der Waals surface area contributed by atoms with E-state index >= 15 is 0 Å². The van der Waals surface area contributed by atoms with Gasteiger partial charge in [-0.25, -0.2) is 13.2 Å². The largest absolute Gasteiger partial charge is 0.451 e. The highest BCUT2D eigenvalue weighted by Gasteiger charge is 2.40. The van der Waals surface area contributed by atoms with Gasteiger partial charge in [0.2, 0.25) is 11.6 Å². The Balaban J connectivity index is 1.71. The van der Waals surface area contributed by atoms with Gasteiger partial charge in [0.05, 0.1) is 6.54 Å². The number of fused-ring (bicyclic) bond motifs is 1. The Morgan fingerprint density at radius 3 is 2.28 bits per heavy atom. The third-order valence-electron chi connectivity index (χ3n) is 4.18. The number of rotatable bonds is 4. The van der Waals surface area contributed by atoms with Crippen molar-refractivity contribution in [3.63, 3.8) is 0 Å². The zero-order valence-corrected chi connectivity index (χ0v) is 14.3. The predicted octanol–water partition coefficient (Wildman–Crippen LogP) is 1.44. The van der Waals surface area contributed by atoms with Crippen LogP contribution in [0.3, 0.4) is 0 Å². The first-order chi connectivity index (χ1) is 13.5. The van der Waals surface area contributed by atoms with Crippen LogP contribution in [-0.4, -0.2) is 43.7 Å². The van der Waals surface area contributed by atoms with Crippen molar-refractivity contribution in [2.75, 3.05) is 6.54 Å². The van der Waals surface area contributed by atoms with Crippen LogP contribution in [0.15, 0.2) is 12.1 Å². The maximum absolute atomic E-state index is 13.6. The SMILES string of the molecule is O=C(Cc1cc(F)c(F)cc1F)C(=O)C(=O)N1CCn2c(nnc2C(F)(F)F)C1. The Hall–Kier alpha value is -3.25. The van der Waals surface area contributed by atoms with E-state index in [0.717, 1.165) is 9.47 Å². The summed E-state index contributed by atoms with van der Waals surface area (Å²) < 4.78 is 78.9. The smallest absolute Gasteiger partial charge is 0.326 e. The van der Waals surface area contributed by atoms with Gasteiger partial charge in [-0.05, 0) is 11.6 Å². The molecule has 1 aromatic carbocycles. The quantitative estimate of drug-likeness (QED) is 0.324. The number of carbonyl (C=O) groups excluding carboxylic acids is 3. The molecule has 0 atom stereocenters. The van der Waals surface area contributed by atoms with Gasteiger partial charge in [0, 0.05) is 25.6 Å². The van der Waals surface area contributed by atoms with E-state index in [1.54, 1.807) is 0 Å². The van der Waals surface area contributed by atoms with Gasteiger partial charge in [0.15, 0.2) is 17.5 Å². The zero-order valence-electron chi connectivity index (χ0n) is 14.3. The van der Waals surface area contributed by atoms with Crippen molar-refractivity contribution in [3.8, 4) is 0 Å². The van der Waals surface area contributed by atoms with E-state index in [2.05, 4.69) is 10.2 Å². The standard InChI is InChI=1S/C16H10F6N4O3/c17-8-5-10(19)9(18)3-7(8)4-11(27)13(28)14(29)25-1-2-26-12(6-25)23-24-15(26)16(20,21)22/h3,5H,1-2,4,6H2. The van der Waals surface area contributed by atoms with Crippen LogP contribution in [0.25, 0.3) is 0 Å². The minimum Gasteiger partial charge on any atom is -0.326 e. The molecule has 0 radical (unpaired) electrons. The fourth-order valence-electron chi connectivity index (χ4n) is 2.76. The van der Waals surface area contributed by atoms with Gasteiger partial charge in [-0.1, -0.05) is 0 Å². The van der Waals surface area contributed by atoms with Gasteiger partial charge in [-0.3, -0.25) is 14.4 Å². The Kier molecular flexibility index (Phi) is 5.15. The summed E-state index contributed by atoms with van der Waals surface area (Å²) in [5.41, 5.74) is -0.622. The van der Waals surface area contributed by atoms with Crippen LogP contribution in [0.4, 0.5) is 26.3 Å². The minimum atomic E-state index is -4.75. The van der Waals surface area contributed by atoms with Crippen molar-refractivity contribution < 1.29 is 40.7 Å². The highest BCUT2D eigenvalue weighted by atomic mass is 19.4. The summed E-state index contributed by atoms with van der Waals surface area (Å²) in [6.45, 7) is -1.19. The molecule has 1 aliphatic heterocycles. The van der Waals surface area contributed by atoms with Gasteiger partial charge in [-0.2, -0.15) is 13.2 Å². The molecule has 0 N–H and O–H groups in total. The maximum atomic E-state index is 13.6. The maximum Gasteiger partial charge on any atom is 0.451 e. The number of alkyl halides is 3. The summed E-state index contributed by atoms with van der Waals surface area (Å²) in [5.74, 6) is -9.98. The summed E-state index contributed by atoms with van der Waals surface area (Å²) in [6.07, 6.45) is -5.74. The first-order valence-corrected chi connectivity index (χ1v) is 7.98. The summed E-state index contributed by atoms with van der Waals surface area (Å²) >= 11 is 0.